The number of carbonyl (C=O) groups excluding carboxylic acids is 1. The zero-order chi connectivity index (χ0) is 10.8. The molecule has 1 rings (SSSR count). The maximum Gasteiger partial charge on any atom is 0.236 e. The lowest BCUT2D eigenvalue weighted by molar-refractivity contribution is -0.122. The molecule has 0 bridgehead atoms. The van der Waals surface area contributed by atoms with Crippen molar-refractivity contribution in [3.05, 3.63) is 0 Å². The highest BCUT2D eigenvalue weighted by Crippen LogP contribution is 2.41. The molecular formula is C11H22N2O. The van der Waals surface area contributed by atoms with Gasteiger partial charge in [-0.05, 0) is 31.1 Å². The summed E-state index contributed by atoms with van der Waals surface area (Å²) in [5.74, 6) is 0.730. The standard InChI is InChI=1S/C11H22N2O/c1-8(12)10(14)13-7-11(2,3)9-5-4-6-9/h8-9H,4-7,12H2,1-3H3,(H,13,14). The first-order chi connectivity index (χ1) is 6.43. The first-order valence-electron chi connectivity index (χ1n) is 5.47. The lowest BCUT2D eigenvalue weighted by atomic mass is 9.67. The van der Waals surface area contributed by atoms with Crippen molar-refractivity contribution in [2.45, 2.75) is 46.1 Å². The van der Waals surface area contributed by atoms with E-state index in [2.05, 4.69) is 19.2 Å². The molecule has 0 saturated heterocycles. The van der Waals surface area contributed by atoms with Crippen LogP contribution in [0.5, 0.6) is 0 Å². The topological polar surface area (TPSA) is 55.1 Å². The van der Waals surface area contributed by atoms with Gasteiger partial charge in [-0.2, -0.15) is 0 Å². The first kappa shape index (κ1) is 11.5. The average Bonchev–Trinajstić information content (AvgIpc) is 1.95. The maximum atomic E-state index is 11.3. The highest BCUT2D eigenvalue weighted by molar-refractivity contribution is 5.80. The van der Waals surface area contributed by atoms with Crippen LogP contribution in [0.1, 0.15) is 40.0 Å². The molecule has 1 aliphatic carbocycles. The summed E-state index contributed by atoms with van der Waals surface area (Å²) in [6, 6.07) is -0.396. The predicted octanol–water partition coefficient (Wildman–Crippen LogP) is 1.28. The van der Waals surface area contributed by atoms with Crippen LogP contribution in [0.15, 0.2) is 0 Å². The second kappa shape index (κ2) is 4.30. The molecule has 14 heavy (non-hydrogen) atoms. The van der Waals surface area contributed by atoms with Crippen LogP contribution in [0.3, 0.4) is 0 Å². The van der Waals surface area contributed by atoms with Crippen LogP contribution in [0, 0.1) is 11.3 Å². The molecule has 0 heterocycles. The number of carbonyl (C=O) groups is 1. The zero-order valence-corrected chi connectivity index (χ0v) is 9.47. The third kappa shape index (κ3) is 2.71. The molecule has 0 aliphatic heterocycles. The molecule has 1 atom stereocenters. The van der Waals surface area contributed by atoms with Gasteiger partial charge in [-0.1, -0.05) is 20.3 Å². The lowest BCUT2D eigenvalue weighted by Gasteiger charge is -2.40. The Labute approximate surface area is 86.4 Å². The van der Waals surface area contributed by atoms with E-state index >= 15 is 0 Å². The van der Waals surface area contributed by atoms with E-state index < -0.39 is 6.04 Å². The Hall–Kier alpha value is -0.570. The Morgan fingerprint density at radius 3 is 2.50 bits per heavy atom. The van der Waals surface area contributed by atoms with Gasteiger partial charge in [0.25, 0.3) is 0 Å². The number of nitrogens with one attached hydrogen (secondary N) is 1. The normalized spacial score (nSPS) is 20.0. The number of nitrogens with two attached hydrogens (primary N) is 1. The van der Waals surface area contributed by atoms with E-state index in [1.807, 2.05) is 0 Å². The van der Waals surface area contributed by atoms with E-state index in [1.54, 1.807) is 6.92 Å². The summed E-state index contributed by atoms with van der Waals surface area (Å²) >= 11 is 0. The van der Waals surface area contributed by atoms with E-state index in [4.69, 9.17) is 5.73 Å². The molecule has 3 N–H and O–H groups in total. The molecule has 0 radical (unpaired) electrons. The van der Waals surface area contributed by atoms with Crippen LogP contribution in [0.2, 0.25) is 0 Å². The zero-order valence-electron chi connectivity index (χ0n) is 9.47. The number of hydrogen-bond donors (Lipinski definition) is 2. The Bertz CT molecular complexity index is 207. The van der Waals surface area contributed by atoms with Gasteiger partial charge in [0.1, 0.15) is 0 Å². The van der Waals surface area contributed by atoms with Crippen LogP contribution in [-0.4, -0.2) is 18.5 Å². The fourth-order valence-corrected chi connectivity index (χ4v) is 1.81. The molecule has 0 aromatic heterocycles. The van der Waals surface area contributed by atoms with Gasteiger partial charge in [-0.15, -0.1) is 0 Å². The molecule has 1 saturated carbocycles. The summed E-state index contributed by atoms with van der Waals surface area (Å²) in [5.41, 5.74) is 5.70. The van der Waals surface area contributed by atoms with Gasteiger partial charge in [0.2, 0.25) is 5.91 Å². The monoisotopic (exact) mass is 198 g/mol. The fourth-order valence-electron chi connectivity index (χ4n) is 1.81. The molecular weight excluding hydrogens is 176 g/mol. The molecule has 1 unspecified atom stereocenters. The SMILES string of the molecule is CC(N)C(=O)NCC(C)(C)C1CCC1. The Morgan fingerprint density at radius 1 is 1.57 bits per heavy atom. The quantitative estimate of drug-likeness (QED) is 0.715. The second-order valence-electron chi connectivity index (χ2n) is 5.12. The third-order valence-corrected chi connectivity index (χ3v) is 3.34. The maximum absolute atomic E-state index is 11.3. The van der Waals surface area contributed by atoms with Crippen LogP contribution in [0.25, 0.3) is 0 Å². The molecule has 0 aromatic rings. The summed E-state index contributed by atoms with van der Waals surface area (Å²) in [6.07, 6.45) is 3.96. The predicted molar refractivity (Wildman–Crippen MR) is 57.8 cm³/mol. The van der Waals surface area contributed by atoms with E-state index in [0.29, 0.717) is 0 Å². The van der Waals surface area contributed by atoms with Gasteiger partial charge in [-0.3, -0.25) is 4.79 Å². The van der Waals surface area contributed by atoms with Crippen molar-refractivity contribution < 1.29 is 4.79 Å². The highest BCUT2D eigenvalue weighted by atomic mass is 16.2. The summed E-state index contributed by atoms with van der Waals surface area (Å²) in [6.45, 7) is 6.90. The van der Waals surface area contributed by atoms with Crippen LogP contribution in [-0.2, 0) is 4.79 Å². The van der Waals surface area contributed by atoms with Crippen molar-refractivity contribution in [1.82, 2.24) is 5.32 Å². The van der Waals surface area contributed by atoms with Gasteiger partial charge in [0, 0.05) is 6.54 Å². The van der Waals surface area contributed by atoms with Gasteiger partial charge in [0.15, 0.2) is 0 Å². The molecule has 1 fully saturated rings. The van der Waals surface area contributed by atoms with Crippen molar-refractivity contribution >= 4 is 5.91 Å². The van der Waals surface area contributed by atoms with Crippen LogP contribution < -0.4 is 11.1 Å². The van der Waals surface area contributed by atoms with Crippen LogP contribution >= 0.6 is 0 Å². The van der Waals surface area contributed by atoms with Crippen LogP contribution in [0.4, 0.5) is 0 Å². The van der Waals surface area contributed by atoms with Gasteiger partial charge >= 0.3 is 0 Å². The molecule has 0 spiro atoms. The van der Waals surface area contributed by atoms with Gasteiger partial charge in [0.05, 0.1) is 6.04 Å². The Balaban J connectivity index is 2.31. The fraction of sp³-hybridized carbons (Fsp3) is 0.909. The average molecular weight is 198 g/mol. The minimum Gasteiger partial charge on any atom is -0.354 e. The highest BCUT2D eigenvalue weighted by Gasteiger charge is 2.34. The van der Waals surface area contributed by atoms with Crippen molar-refractivity contribution in [3.63, 3.8) is 0 Å². The largest absolute Gasteiger partial charge is 0.354 e. The van der Waals surface area contributed by atoms with Gasteiger partial charge < -0.3 is 11.1 Å². The van der Waals surface area contributed by atoms with E-state index in [-0.39, 0.29) is 11.3 Å². The lowest BCUT2D eigenvalue weighted by Crippen LogP contribution is -2.45. The van der Waals surface area contributed by atoms with Crippen molar-refractivity contribution in [2.75, 3.05) is 6.54 Å². The minimum atomic E-state index is -0.396. The summed E-state index contributed by atoms with van der Waals surface area (Å²) in [7, 11) is 0. The summed E-state index contributed by atoms with van der Waals surface area (Å²) in [4.78, 5) is 11.3. The van der Waals surface area contributed by atoms with Crippen molar-refractivity contribution in [1.29, 1.82) is 0 Å². The Morgan fingerprint density at radius 2 is 2.14 bits per heavy atom. The minimum absolute atomic E-state index is 0.0441. The summed E-state index contributed by atoms with van der Waals surface area (Å²) in [5, 5.41) is 2.91. The molecule has 0 aromatic carbocycles. The van der Waals surface area contributed by atoms with E-state index in [9.17, 15) is 4.79 Å². The number of amides is 1. The molecule has 3 nitrogen and oxygen atoms in total. The summed E-state index contributed by atoms with van der Waals surface area (Å²) < 4.78 is 0. The molecule has 1 amide bonds. The second-order valence-corrected chi connectivity index (χ2v) is 5.12. The van der Waals surface area contributed by atoms with E-state index in [1.165, 1.54) is 19.3 Å². The molecule has 1 aliphatic rings. The van der Waals surface area contributed by atoms with Crippen molar-refractivity contribution in [3.8, 4) is 0 Å². The number of rotatable bonds is 4. The number of hydrogen-bond acceptors (Lipinski definition) is 2. The van der Waals surface area contributed by atoms with E-state index in [0.717, 1.165) is 12.5 Å². The smallest absolute Gasteiger partial charge is 0.236 e. The molecule has 82 valence electrons. The first-order valence-corrected chi connectivity index (χ1v) is 5.47. The van der Waals surface area contributed by atoms with Crippen molar-refractivity contribution in [2.24, 2.45) is 17.1 Å². The third-order valence-electron chi connectivity index (χ3n) is 3.34. The van der Waals surface area contributed by atoms with Gasteiger partial charge in [-0.25, -0.2) is 0 Å². The molecule has 3 heteroatoms. The Kier molecular flexibility index (Phi) is 3.53.